The van der Waals surface area contributed by atoms with Crippen molar-refractivity contribution in [2.45, 2.75) is 38.6 Å². The van der Waals surface area contributed by atoms with Gasteiger partial charge in [-0.3, -0.25) is 9.65 Å². The van der Waals surface area contributed by atoms with Crippen molar-refractivity contribution >= 4 is 40.6 Å². The van der Waals surface area contributed by atoms with Crippen LogP contribution in [0.25, 0.3) is 10.1 Å². The van der Waals surface area contributed by atoms with Crippen LogP contribution < -0.4 is 5.09 Å². The minimum absolute atomic E-state index is 0.138. The number of benzene rings is 2. The number of nitrogens with one attached hydrogen (secondary N) is 1. The van der Waals surface area contributed by atoms with Gasteiger partial charge in [-0.25, -0.2) is 0 Å². The highest BCUT2D eigenvalue weighted by atomic mass is 35.5. The van der Waals surface area contributed by atoms with Gasteiger partial charge < -0.3 is 0 Å². The highest BCUT2D eigenvalue weighted by molar-refractivity contribution is 7.68. The Balaban J connectivity index is 1.64. The van der Waals surface area contributed by atoms with Crippen molar-refractivity contribution in [2.24, 2.45) is 17.8 Å². The highest BCUT2D eigenvalue weighted by Crippen LogP contribution is 2.54. The predicted octanol–water partition coefficient (Wildman–Crippen LogP) is 8.15. The minimum atomic E-state index is -3.13. The normalized spacial score (nSPS) is 25.5. The van der Waals surface area contributed by atoms with Crippen molar-refractivity contribution in [2.75, 3.05) is 0 Å². The second-order valence-corrected chi connectivity index (χ2v) is 11.7. The van der Waals surface area contributed by atoms with E-state index in [9.17, 15) is 4.57 Å². The molecule has 4 atom stereocenters. The number of hydrogen-bond acceptors (Lipinski definition) is 1. The molecule has 2 bridgehead atoms. The van der Waals surface area contributed by atoms with Gasteiger partial charge in [-0.2, -0.15) is 0 Å². The summed E-state index contributed by atoms with van der Waals surface area (Å²) >= 11 is 13.2. The molecule has 1 N–H and O–H groups in total. The molecule has 2 aliphatic carbocycles. The van der Waals surface area contributed by atoms with E-state index >= 15 is 0 Å². The van der Waals surface area contributed by atoms with Crippen LogP contribution in [0.3, 0.4) is 0 Å². The first-order chi connectivity index (χ1) is 14.4. The van der Waals surface area contributed by atoms with Gasteiger partial charge in [0.05, 0.1) is 10.1 Å². The summed E-state index contributed by atoms with van der Waals surface area (Å²) in [4.78, 5) is 0. The van der Waals surface area contributed by atoms with Crippen molar-refractivity contribution in [1.29, 1.82) is 0 Å². The zero-order valence-electron chi connectivity index (χ0n) is 17.2. The van der Waals surface area contributed by atoms with Crippen LogP contribution in [0.5, 0.6) is 0 Å². The van der Waals surface area contributed by atoms with Gasteiger partial charge in [0, 0.05) is 17.7 Å². The van der Waals surface area contributed by atoms with E-state index in [0.717, 1.165) is 23.0 Å². The fourth-order valence-electron chi connectivity index (χ4n) is 5.11. The van der Waals surface area contributed by atoms with E-state index < -0.39 is 7.29 Å². The summed E-state index contributed by atoms with van der Waals surface area (Å²) in [5.74, 6) is 5.48. The van der Waals surface area contributed by atoms with E-state index in [1.54, 1.807) is 11.6 Å². The van der Waals surface area contributed by atoms with Crippen molar-refractivity contribution in [3.05, 3.63) is 83.4 Å². The van der Waals surface area contributed by atoms with Crippen LogP contribution in [0, 0.1) is 17.8 Å². The third-order valence-corrected chi connectivity index (χ3v) is 9.60. The van der Waals surface area contributed by atoms with Gasteiger partial charge >= 0.3 is 0 Å². The van der Waals surface area contributed by atoms with E-state index in [2.05, 4.69) is 12.0 Å². The maximum atomic E-state index is 14.1. The molecule has 0 amide bonds. The molecule has 2 aliphatic rings. The first-order valence-electron chi connectivity index (χ1n) is 10.7. The maximum Gasteiger partial charge on any atom is 0.193 e. The zero-order chi connectivity index (χ0) is 21.1. The Morgan fingerprint density at radius 3 is 1.90 bits per heavy atom. The number of rotatable bonds is 7. The SMILES string of the molecule is C[C@H](NP(=O)(/C=C(\Cl)c1ccccc1)/C=C(\Cl)c1ccccc1)[C@@H]1C[C@H]2CC[C@H]1C2. The van der Waals surface area contributed by atoms with Crippen LogP contribution in [-0.4, -0.2) is 6.04 Å². The fourth-order valence-corrected chi connectivity index (χ4v) is 8.26. The molecule has 5 heteroatoms. The fraction of sp³-hybridized carbons (Fsp3) is 0.360. The third-order valence-electron chi connectivity index (χ3n) is 6.55. The van der Waals surface area contributed by atoms with Gasteiger partial charge in [0.2, 0.25) is 0 Å². The predicted molar refractivity (Wildman–Crippen MR) is 130 cm³/mol. The van der Waals surface area contributed by atoms with E-state index in [1.165, 1.54) is 25.7 Å². The molecule has 0 saturated heterocycles. The van der Waals surface area contributed by atoms with Gasteiger partial charge in [-0.15, -0.1) is 0 Å². The molecule has 158 valence electrons. The Bertz CT molecular complexity index is 914. The van der Waals surface area contributed by atoms with Crippen LogP contribution in [0.15, 0.2) is 72.3 Å². The Morgan fingerprint density at radius 1 is 0.933 bits per heavy atom. The Morgan fingerprint density at radius 2 is 1.47 bits per heavy atom. The molecule has 0 heterocycles. The lowest BCUT2D eigenvalue weighted by atomic mass is 9.84. The first-order valence-corrected chi connectivity index (χ1v) is 13.3. The Hall–Kier alpha value is -1.31. The number of fused-ring (bicyclic) bond motifs is 2. The molecule has 0 aliphatic heterocycles. The second-order valence-electron chi connectivity index (χ2n) is 8.65. The summed E-state index contributed by atoms with van der Waals surface area (Å²) in [5.41, 5.74) is 1.69. The molecule has 0 aromatic heterocycles. The number of halogens is 2. The maximum absolute atomic E-state index is 14.1. The van der Waals surface area contributed by atoms with Crippen LogP contribution >= 0.6 is 30.5 Å². The first kappa shape index (κ1) is 21.9. The lowest BCUT2D eigenvalue weighted by Gasteiger charge is -2.30. The zero-order valence-corrected chi connectivity index (χ0v) is 19.6. The Kier molecular flexibility index (Phi) is 6.90. The van der Waals surface area contributed by atoms with E-state index in [0.29, 0.717) is 16.0 Å². The second kappa shape index (κ2) is 9.45. The molecule has 30 heavy (non-hydrogen) atoms. The van der Waals surface area contributed by atoms with Gasteiger partial charge in [0.25, 0.3) is 0 Å². The van der Waals surface area contributed by atoms with Crippen molar-refractivity contribution in [3.63, 3.8) is 0 Å². The largest absolute Gasteiger partial charge is 0.298 e. The molecular weight excluding hydrogens is 432 g/mol. The summed E-state index contributed by atoms with van der Waals surface area (Å²) in [7, 11) is -3.13. The third kappa shape index (κ3) is 5.11. The molecule has 0 unspecified atom stereocenters. The van der Waals surface area contributed by atoms with Crippen molar-refractivity contribution in [3.8, 4) is 0 Å². The lowest BCUT2D eigenvalue weighted by Crippen LogP contribution is -2.33. The van der Waals surface area contributed by atoms with Crippen LogP contribution in [0.2, 0.25) is 0 Å². The van der Waals surface area contributed by atoms with Crippen LogP contribution in [-0.2, 0) is 4.57 Å². The molecular formula is C25H28Cl2NOP. The lowest BCUT2D eigenvalue weighted by molar-refractivity contribution is 0.280. The number of hydrogen-bond donors (Lipinski definition) is 1. The highest BCUT2D eigenvalue weighted by Gasteiger charge is 2.42. The van der Waals surface area contributed by atoms with Crippen molar-refractivity contribution < 1.29 is 4.57 Å². The molecule has 4 rings (SSSR count). The van der Waals surface area contributed by atoms with Gasteiger partial charge in [-0.1, -0.05) is 90.3 Å². The minimum Gasteiger partial charge on any atom is -0.298 e. The summed E-state index contributed by atoms with van der Waals surface area (Å²) in [6.07, 6.45) is 5.20. The molecule has 2 nitrogen and oxygen atoms in total. The molecule has 2 saturated carbocycles. The standard InChI is InChI=1S/C25H28Cl2NOP/c1-18(23-15-19-12-13-22(23)14-19)28-30(29,16-24(26)20-8-4-2-5-9-20)17-25(27)21-10-6-3-7-11-21/h2-11,16-19,22-23H,12-15H2,1H3,(H,28,29)/b24-16-,25-17-/t18-,19-,22-,23-/m0/s1. The van der Waals surface area contributed by atoms with Gasteiger partial charge in [0.1, 0.15) is 0 Å². The van der Waals surface area contributed by atoms with Gasteiger partial charge in [-0.05, 0) is 55.1 Å². The summed E-state index contributed by atoms with van der Waals surface area (Å²) < 4.78 is 14.1. The molecule has 0 spiro atoms. The molecule has 2 aromatic rings. The quantitative estimate of drug-likeness (QED) is 0.423. The molecule has 2 fully saturated rings. The van der Waals surface area contributed by atoms with E-state index in [4.69, 9.17) is 23.2 Å². The monoisotopic (exact) mass is 459 g/mol. The van der Waals surface area contributed by atoms with Crippen molar-refractivity contribution in [1.82, 2.24) is 5.09 Å². The van der Waals surface area contributed by atoms with Crippen LogP contribution in [0.4, 0.5) is 0 Å². The average Bonchev–Trinajstić information content (AvgIpc) is 3.38. The van der Waals surface area contributed by atoms with E-state index in [-0.39, 0.29) is 6.04 Å². The van der Waals surface area contributed by atoms with Gasteiger partial charge in [0.15, 0.2) is 7.29 Å². The van der Waals surface area contributed by atoms with E-state index in [1.807, 2.05) is 60.7 Å². The summed E-state index contributed by atoms with van der Waals surface area (Å²) in [6, 6.07) is 19.4. The summed E-state index contributed by atoms with van der Waals surface area (Å²) in [5, 5.41) is 4.40. The smallest absolute Gasteiger partial charge is 0.193 e. The topological polar surface area (TPSA) is 29.1 Å². The Labute approximate surface area is 189 Å². The molecule has 2 aromatic carbocycles. The molecule has 0 radical (unpaired) electrons. The average molecular weight is 460 g/mol. The summed E-state index contributed by atoms with van der Waals surface area (Å²) in [6.45, 7) is 2.16. The van der Waals surface area contributed by atoms with Crippen LogP contribution in [0.1, 0.15) is 43.7 Å².